The second-order valence-corrected chi connectivity index (χ2v) is 4.75. The van der Waals surface area contributed by atoms with Gasteiger partial charge in [-0.15, -0.1) is 0 Å². The van der Waals surface area contributed by atoms with E-state index in [9.17, 15) is 9.18 Å². The summed E-state index contributed by atoms with van der Waals surface area (Å²) in [5, 5.41) is 22.1. The van der Waals surface area contributed by atoms with Crippen molar-refractivity contribution in [3.63, 3.8) is 0 Å². The lowest BCUT2D eigenvalue weighted by atomic mass is 10.2. The summed E-state index contributed by atoms with van der Waals surface area (Å²) in [4.78, 5) is 13.8. The summed E-state index contributed by atoms with van der Waals surface area (Å²) in [5.74, 6) is -0.793. The van der Waals surface area contributed by atoms with Gasteiger partial charge in [-0.25, -0.2) is 9.07 Å². The Morgan fingerprint density at radius 2 is 1.91 bits per heavy atom. The van der Waals surface area contributed by atoms with Crippen LogP contribution in [0.5, 0.6) is 0 Å². The van der Waals surface area contributed by atoms with Gasteiger partial charge in [0.2, 0.25) is 0 Å². The average molecular weight is 307 g/mol. The monoisotopic (exact) mass is 307 g/mol. The first kappa shape index (κ1) is 16.1. The molecule has 2 N–H and O–H groups in total. The fourth-order valence-corrected chi connectivity index (χ4v) is 2.21. The molecule has 0 bridgehead atoms. The number of aromatic nitrogens is 2. The van der Waals surface area contributed by atoms with Gasteiger partial charge in [-0.05, 0) is 19.1 Å². The number of aliphatic hydroxyl groups is 2. The summed E-state index contributed by atoms with van der Waals surface area (Å²) in [6.07, 6.45) is 1.37. The molecule has 2 aromatic rings. The zero-order valence-electron chi connectivity index (χ0n) is 12.2. The normalized spacial score (nSPS) is 10.7. The Bertz CT molecular complexity index is 651. The second-order valence-electron chi connectivity index (χ2n) is 4.75. The van der Waals surface area contributed by atoms with Crippen LogP contribution in [-0.2, 0) is 0 Å². The number of hydrogen-bond donors (Lipinski definition) is 2. The quantitative estimate of drug-likeness (QED) is 0.825. The molecule has 0 saturated heterocycles. The van der Waals surface area contributed by atoms with Gasteiger partial charge in [-0.1, -0.05) is 12.1 Å². The Morgan fingerprint density at radius 3 is 2.50 bits per heavy atom. The molecule has 22 heavy (non-hydrogen) atoms. The van der Waals surface area contributed by atoms with E-state index in [0.29, 0.717) is 11.3 Å². The maximum absolute atomic E-state index is 13.8. The molecular formula is C15H18FN3O3. The molecule has 0 atom stereocenters. The molecule has 0 spiro atoms. The molecule has 0 unspecified atom stereocenters. The highest BCUT2D eigenvalue weighted by Gasteiger charge is 2.21. The third-order valence-corrected chi connectivity index (χ3v) is 3.35. The first-order chi connectivity index (χ1) is 10.6. The van der Waals surface area contributed by atoms with Gasteiger partial charge in [0, 0.05) is 13.1 Å². The zero-order chi connectivity index (χ0) is 16.1. The highest BCUT2D eigenvalue weighted by Crippen LogP contribution is 2.18. The van der Waals surface area contributed by atoms with Crippen LogP contribution in [0, 0.1) is 12.7 Å². The van der Waals surface area contributed by atoms with Crippen molar-refractivity contribution >= 4 is 5.91 Å². The van der Waals surface area contributed by atoms with E-state index in [1.807, 2.05) is 0 Å². The molecule has 6 nitrogen and oxygen atoms in total. The lowest BCUT2D eigenvalue weighted by molar-refractivity contribution is 0.0684. The summed E-state index contributed by atoms with van der Waals surface area (Å²) in [6, 6.07) is 6.16. The number of aliphatic hydroxyl groups excluding tert-OH is 2. The number of para-hydroxylation sites is 1. The molecule has 0 fully saturated rings. The van der Waals surface area contributed by atoms with Crippen molar-refractivity contribution in [3.05, 3.63) is 47.5 Å². The maximum atomic E-state index is 13.8. The lowest BCUT2D eigenvalue weighted by Gasteiger charge is -2.20. The number of hydrogen-bond acceptors (Lipinski definition) is 4. The van der Waals surface area contributed by atoms with Crippen LogP contribution < -0.4 is 0 Å². The van der Waals surface area contributed by atoms with Crippen molar-refractivity contribution in [2.24, 2.45) is 0 Å². The van der Waals surface area contributed by atoms with Crippen molar-refractivity contribution in [1.82, 2.24) is 14.7 Å². The van der Waals surface area contributed by atoms with E-state index in [1.54, 1.807) is 25.1 Å². The van der Waals surface area contributed by atoms with Crippen LogP contribution in [0.15, 0.2) is 30.5 Å². The number of nitrogens with zero attached hydrogens (tertiary/aromatic N) is 3. The van der Waals surface area contributed by atoms with Crippen molar-refractivity contribution in [2.45, 2.75) is 6.92 Å². The minimum Gasteiger partial charge on any atom is -0.395 e. The fraction of sp³-hybridized carbons (Fsp3) is 0.333. The van der Waals surface area contributed by atoms with Crippen LogP contribution in [0.2, 0.25) is 0 Å². The smallest absolute Gasteiger partial charge is 0.257 e. The molecule has 118 valence electrons. The molecular weight excluding hydrogens is 289 g/mol. The van der Waals surface area contributed by atoms with Crippen LogP contribution in [0.3, 0.4) is 0 Å². The Labute approximate surface area is 127 Å². The van der Waals surface area contributed by atoms with Gasteiger partial charge >= 0.3 is 0 Å². The van der Waals surface area contributed by atoms with Gasteiger partial charge in [-0.3, -0.25) is 4.79 Å². The van der Waals surface area contributed by atoms with Crippen LogP contribution in [0.1, 0.15) is 16.1 Å². The molecule has 1 aromatic carbocycles. The fourth-order valence-electron chi connectivity index (χ4n) is 2.21. The number of carbonyl (C=O) groups is 1. The first-order valence-electron chi connectivity index (χ1n) is 6.90. The third kappa shape index (κ3) is 3.15. The van der Waals surface area contributed by atoms with E-state index in [-0.39, 0.29) is 37.9 Å². The first-order valence-corrected chi connectivity index (χ1v) is 6.90. The third-order valence-electron chi connectivity index (χ3n) is 3.35. The predicted molar refractivity (Wildman–Crippen MR) is 78.3 cm³/mol. The van der Waals surface area contributed by atoms with E-state index < -0.39 is 5.82 Å². The standard InChI is InChI=1S/C15H18FN3O3/c1-11-12(15(22)18(6-8-20)7-9-21)10-17-19(11)14-5-3-2-4-13(14)16/h2-5,10,20-21H,6-9H2,1H3. The Morgan fingerprint density at radius 1 is 1.27 bits per heavy atom. The molecule has 0 aliphatic carbocycles. The second kappa shape index (κ2) is 7.15. The van der Waals surface area contributed by atoms with E-state index in [2.05, 4.69) is 5.10 Å². The van der Waals surface area contributed by atoms with Gasteiger partial charge < -0.3 is 15.1 Å². The highest BCUT2D eigenvalue weighted by atomic mass is 19.1. The van der Waals surface area contributed by atoms with Crippen molar-refractivity contribution in [3.8, 4) is 5.69 Å². The van der Waals surface area contributed by atoms with E-state index in [0.717, 1.165) is 0 Å². The van der Waals surface area contributed by atoms with Crippen molar-refractivity contribution in [1.29, 1.82) is 0 Å². The van der Waals surface area contributed by atoms with E-state index in [1.165, 1.54) is 21.8 Å². The number of benzene rings is 1. The number of carbonyl (C=O) groups excluding carboxylic acids is 1. The Kier molecular flexibility index (Phi) is 5.24. The topological polar surface area (TPSA) is 78.6 Å². The summed E-state index contributed by atoms with van der Waals surface area (Å²) in [5.41, 5.74) is 1.07. The van der Waals surface area contributed by atoms with Crippen LogP contribution in [0.4, 0.5) is 4.39 Å². The van der Waals surface area contributed by atoms with Crippen LogP contribution in [-0.4, -0.2) is 57.1 Å². The molecule has 1 amide bonds. The van der Waals surface area contributed by atoms with Gasteiger partial charge in [0.15, 0.2) is 0 Å². The minimum atomic E-state index is -0.435. The summed E-state index contributed by atoms with van der Waals surface area (Å²) >= 11 is 0. The maximum Gasteiger partial charge on any atom is 0.257 e. The molecule has 1 heterocycles. The zero-order valence-corrected chi connectivity index (χ0v) is 12.2. The highest BCUT2D eigenvalue weighted by molar-refractivity contribution is 5.95. The van der Waals surface area contributed by atoms with Gasteiger partial charge in [-0.2, -0.15) is 5.10 Å². The van der Waals surface area contributed by atoms with Crippen LogP contribution in [0.25, 0.3) is 5.69 Å². The summed E-state index contributed by atoms with van der Waals surface area (Å²) < 4.78 is 15.2. The molecule has 0 aliphatic rings. The molecule has 1 aromatic heterocycles. The molecule has 7 heteroatoms. The summed E-state index contributed by atoms with van der Waals surface area (Å²) in [6.45, 7) is 1.49. The van der Waals surface area contributed by atoms with Gasteiger partial charge in [0.05, 0.1) is 30.7 Å². The molecule has 0 saturated carbocycles. The van der Waals surface area contributed by atoms with E-state index >= 15 is 0 Å². The number of halogens is 1. The van der Waals surface area contributed by atoms with E-state index in [4.69, 9.17) is 10.2 Å². The van der Waals surface area contributed by atoms with Crippen molar-refractivity contribution < 1.29 is 19.4 Å². The predicted octanol–water partition coefficient (Wildman–Crippen LogP) is 0.747. The van der Waals surface area contributed by atoms with Gasteiger partial charge in [0.25, 0.3) is 5.91 Å². The van der Waals surface area contributed by atoms with Gasteiger partial charge in [0.1, 0.15) is 11.5 Å². The molecule has 2 rings (SSSR count). The van der Waals surface area contributed by atoms with Crippen LogP contribution >= 0.6 is 0 Å². The lowest BCUT2D eigenvalue weighted by Crippen LogP contribution is -2.36. The molecule has 0 radical (unpaired) electrons. The SMILES string of the molecule is Cc1c(C(=O)N(CCO)CCO)cnn1-c1ccccc1F. The van der Waals surface area contributed by atoms with Crippen molar-refractivity contribution in [2.75, 3.05) is 26.3 Å². The minimum absolute atomic E-state index is 0.115. The Balaban J connectivity index is 2.35. The molecule has 0 aliphatic heterocycles. The average Bonchev–Trinajstić information content (AvgIpc) is 2.88. The summed E-state index contributed by atoms with van der Waals surface area (Å²) in [7, 11) is 0. The number of rotatable bonds is 6. The Hall–Kier alpha value is -2.25. The number of amides is 1. The largest absolute Gasteiger partial charge is 0.395 e.